The van der Waals surface area contributed by atoms with Crippen molar-refractivity contribution in [2.24, 2.45) is 0 Å². The number of carbonyl (C=O) groups is 2. The maximum absolute atomic E-state index is 11.6. The molecule has 2 rings (SSSR count). The molecule has 0 aromatic heterocycles. The first kappa shape index (κ1) is 10.9. The second-order valence-corrected chi connectivity index (χ2v) is 5.21. The standard InChI is InChI=1S/C10H8INO2S/c11-7-3-1-2-4-8(7)12-9(13)5-15-6-10(12)14/h1-4H,5-6H2. The van der Waals surface area contributed by atoms with Crippen molar-refractivity contribution in [1.29, 1.82) is 0 Å². The highest BCUT2D eigenvalue weighted by Crippen LogP contribution is 2.26. The van der Waals surface area contributed by atoms with E-state index in [1.165, 1.54) is 16.7 Å². The number of amides is 2. The predicted molar refractivity (Wildman–Crippen MR) is 69.0 cm³/mol. The Labute approximate surface area is 105 Å². The molecule has 0 N–H and O–H groups in total. The molecule has 0 unspecified atom stereocenters. The molecule has 0 aliphatic carbocycles. The molecule has 1 aromatic carbocycles. The summed E-state index contributed by atoms with van der Waals surface area (Å²) in [6, 6.07) is 7.41. The highest BCUT2D eigenvalue weighted by atomic mass is 127. The summed E-state index contributed by atoms with van der Waals surface area (Å²) in [7, 11) is 0. The molecule has 0 saturated carbocycles. The van der Waals surface area contributed by atoms with Crippen LogP contribution < -0.4 is 4.90 Å². The van der Waals surface area contributed by atoms with Crippen LogP contribution in [-0.4, -0.2) is 23.3 Å². The smallest absolute Gasteiger partial charge is 0.243 e. The quantitative estimate of drug-likeness (QED) is 0.582. The molecule has 1 aromatic rings. The van der Waals surface area contributed by atoms with Gasteiger partial charge in [0.05, 0.1) is 17.2 Å². The molecule has 2 amide bonds. The van der Waals surface area contributed by atoms with Crippen LogP contribution in [0.5, 0.6) is 0 Å². The Kier molecular flexibility index (Phi) is 3.30. The third kappa shape index (κ3) is 2.17. The Balaban J connectivity index is 2.40. The minimum atomic E-state index is -0.125. The van der Waals surface area contributed by atoms with Gasteiger partial charge in [-0.2, -0.15) is 0 Å². The van der Waals surface area contributed by atoms with Crippen molar-refractivity contribution in [3.63, 3.8) is 0 Å². The van der Waals surface area contributed by atoms with E-state index in [9.17, 15) is 9.59 Å². The average molecular weight is 333 g/mol. The van der Waals surface area contributed by atoms with E-state index in [0.29, 0.717) is 17.2 Å². The minimum absolute atomic E-state index is 0.125. The van der Waals surface area contributed by atoms with Gasteiger partial charge in [-0.15, -0.1) is 11.8 Å². The molecule has 3 nitrogen and oxygen atoms in total. The Bertz CT molecular complexity index is 406. The molecule has 1 heterocycles. The fourth-order valence-electron chi connectivity index (χ4n) is 1.40. The summed E-state index contributed by atoms with van der Waals surface area (Å²) in [4.78, 5) is 24.6. The number of anilines is 1. The second kappa shape index (κ2) is 4.52. The Hall–Kier alpha value is -0.560. The molecule has 0 bridgehead atoms. The predicted octanol–water partition coefficient (Wildman–Crippen LogP) is 1.90. The summed E-state index contributed by atoms with van der Waals surface area (Å²) >= 11 is 3.50. The van der Waals surface area contributed by atoms with Crippen LogP contribution in [0.25, 0.3) is 0 Å². The van der Waals surface area contributed by atoms with E-state index in [0.717, 1.165) is 3.57 Å². The van der Waals surface area contributed by atoms with Crippen LogP contribution in [0.4, 0.5) is 5.69 Å². The third-order valence-corrected chi connectivity index (χ3v) is 3.86. The third-order valence-electron chi connectivity index (χ3n) is 2.04. The largest absolute Gasteiger partial charge is 0.273 e. The van der Waals surface area contributed by atoms with Crippen LogP contribution in [0.1, 0.15) is 0 Å². The molecule has 78 valence electrons. The van der Waals surface area contributed by atoms with Crippen LogP contribution in [0.2, 0.25) is 0 Å². The molecule has 0 spiro atoms. The molecular formula is C10H8INO2S. The van der Waals surface area contributed by atoms with Crippen molar-refractivity contribution in [2.75, 3.05) is 16.4 Å². The van der Waals surface area contributed by atoms with E-state index in [-0.39, 0.29) is 11.8 Å². The van der Waals surface area contributed by atoms with Gasteiger partial charge in [-0.3, -0.25) is 9.59 Å². The average Bonchev–Trinajstić information content (AvgIpc) is 2.20. The highest BCUT2D eigenvalue weighted by molar-refractivity contribution is 14.1. The zero-order valence-corrected chi connectivity index (χ0v) is 10.7. The Morgan fingerprint density at radius 1 is 1.13 bits per heavy atom. The van der Waals surface area contributed by atoms with Gasteiger partial charge in [0.2, 0.25) is 11.8 Å². The van der Waals surface area contributed by atoms with E-state index in [4.69, 9.17) is 0 Å². The lowest BCUT2D eigenvalue weighted by molar-refractivity contribution is -0.124. The van der Waals surface area contributed by atoms with Gasteiger partial charge in [0.25, 0.3) is 0 Å². The molecule has 0 atom stereocenters. The summed E-state index contributed by atoms with van der Waals surface area (Å²) < 4.78 is 0.920. The van der Waals surface area contributed by atoms with Gasteiger partial charge in [-0.25, -0.2) is 4.90 Å². The molecule has 1 saturated heterocycles. The van der Waals surface area contributed by atoms with Crippen LogP contribution in [-0.2, 0) is 9.59 Å². The van der Waals surface area contributed by atoms with Gasteiger partial charge in [0.15, 0.2) is 0 Å². The molecular weight excluding hydrogens is 325 g/mol. The number of para-hydroxylation sites is 1. The Morgan fingerprint density at radius 2 is 1.73 bits per heavy atom. The van der Waals surface area contributed by atoms with E-state index >= 15 is 0 Å². The zero-order chi connectivity index (χ0) is 10.8. The fourth-order valence-corrected chi connectivity index (χ4v) is 2.73. The van der Waals surface area contributed by atoms with Gasteiger partial charge >= 0.3 is 0 Å². The number of hydrogen-bond acceptors (Lipinski definition) is 3. The summed E-state index contributed by atoms with van der Waals surface area (Å²) in [6.45, 7) is 0. The lowest BCUT2D eigenvalue weighted by Crippen LogP contribution is -2.43. The zero-order valence-electron chi connectivity index (χ0n) is 7.77. The summed E-state index contributed by atoms with van der Waals surface area (Å²) in [5.41, 5.74) is 0.702. The lowest BCUT2D eigenvalue weighted by atomic mass is 10.3. The maximum atomic E-state index is 11.6. The number of rotatable bonds is 1. The van der Waals surface area contributed by atoms with Crippen molar-refractivity contribution in [1.82, 2.24) is 0 Å². The van der Waals surface area contributed by atoms with Crippen molar-refractivity contribution in [3.8, 4) is 0 Å². The highest BCUT2D eigenvalue weighted by Gasteiger charge is 2.28. The van der Waals surface area contributed by atoms with Crippen molar-refractivity contribution in [2.45, 2.75) is 0 Å². The number of thioether (sulfide) groups is 1. The first-order chi connectivity index (χ1) is 7.20. The van der Waals surface area contributed by atoms with E-state index in [2.05, 4.69) is 22.6 Å². The number of benzene rings is 1. The van der Waals surface area contributed by atoms with Gasteiger partial charge in [0, 0.05) is 3.57 Å². The molecule has 5 heteroatoms. The molecule has 1 aliphatic heterocycles. The number of halogens is 1. The van der Waals surface area contributed by atoms with Gasteiger partial charge in [-0.05, 0) is 34.7 Å². The molecule has 1 aliphatic rings. The first-order valence-corrected chi connectivity index (χ1v) is 6.61. The van der Waals surface area contributed by atoms with Crippen molar-refractivity contribution in [3.05, 3.63) is 27.8 Å². The maximum Gasteiger partial charge on any atom is 0.243 e. The Morgan fingerprint density at radius 3 is 2.33 bits per heavy atom. The van der Waals surface area contributed by atoms with Crippen LogP contribution in [0.3, 0.4) is 0 Å². The minimum Gasteiger partial charge on any atom is -0.273 e. The molecule has 1 fully saturated rings. The van der Waals surface area contributed by atoms with Crippen molar-refractivity contribution < 1.29 is 9.59 Å². The van der Waals surface area contributed by atoms with Crippen molar-refractivity contribution >= 4 is 51.9 Å². The summed E-state index contributed by atoms with van der Waals surface area (Å²) in [5.74, 6) is 0.522. The van der Waals surface area contributed by atoms with Crippen LogP contribution in [0, 0.1) is 3.57 Å². The van der Waals surface area contributed by atoms with E-state index in [1.807, 2.05) is 18.2 Å². The first-order valence-electron chi connectivity index (χ1n) is 4.38. The number of nitrogens with zero attached hydrogens (tertiary/aromatic N) is 1. The van der Waals surface area contributed by atoms with E-state index < -0.39 is 0 Å². The van der Waals surface area contributed by atoms with Gasteiger partial charge < -0.3 is 0 Å². The second-order valence-electron chi connectivity index (χ2n) is 3.07. The van der Waals surface area contributed by atoms with Crippen LogP contribution >= 0.6 is 34.4 Å². The summed E-state index contributed by atoms with van der Waals surface area (Å²) in [5, 5.41) is 0. The van der Waals surface area contributed by atoms with Gasteiger partial charge in [-0.1, -0.05) is 12.1 Å². The van der Waals surface area contributed by atoms with Gasteiger partial charge in [0.1, 0.15) is 0 Å². The summed E-state index contributed by atoms with van der Waals surface area (Å²) in [6.07, 6.45) is 0. The number of carbonyl (C=O) groups excluding carboxylic acids is 2. The topological polar surface area (TPSA) is 37.4 Å². The van der Waals surface area contributed by atoms with Crippen LogP contribution in [0.15, 0.2) is 24.3 Å². The molecule has 0 radical (unpaired) electrons. The van der Waals surface area contributed by atoms with E-state index in [1.54, 1.807) is 6.07 Å². The monoisotopic (exact) mass is 333 g/mol. The number of hydrogen-bond donors (Lipinski definition) is 0. The lowest BCUT2D eigenvalue weighted by Gasteiger charge is -2.25. The fraction of sp³-hybridized carbons (Fsp3) is 0.200. The SMILES string of the molecule is O=C1CSCC(=O)N1c1ccccc1I. The molecule has 15 heavy (non-hydrogen) atoms. The normalized spacial score (nSPS) is 17.0. The number of imide groups is 1.